The zero-order chi connectivity index (χ0) is 21.1. The molecule has 0 fully saturated rings. The van der Waals surface area contributed by atoms with Crippen molar-refractivity contribution in [1.82, 2.24) is 0 Å². The molecule has 0 saturated heterocycles. The van der Waals surface area contributed by atoms with Crippen LogP contribution in [-0.2, 0) is 0 Å². The molecule has 0 amide bonds. The van der Waals surface area contributed by atoms with Crippen molar-refractivity contribution in [2.45, 2.75) is 82.3 Å². The summed E-state index contributed by atoms with van der Waals surface area (Å²) in [4.78, 5) is 0. The first kappa shape index (κ1) is 20.5. The van der Waals surface area contributed by atoms with Gasteiger partial charge in [-0.25, -0.2) is 0 Å². The molecule has 0 radical (unpaired) electrons. The Morgan fingerprint density at radius 1 is 0.500 bits per heavy atom. The van der Waals surface area contributed by atoms with Gasteiger partial charge in [-0.3, -0.25) is 0 Å². The van der Waals surface area contributed by atoms with Crippen LogP contribution in [0.25, 0.3) is 0 Å². The summed E-state index contributed by atoms with van der Waals surface area (Å²) < 4.78 is 5.08. The molecule has 148 valence electrons. The maximum Gasteiger partial charge on any atom is 0.351 e. The van der Waals surface area contributed by atoms with Gasteiger partial charge in [-0.1, -0.05) is 0 Å². The molecule has 0 bridgehead atoms. The lowest BCUT2D eigenvalue weighted by atomic mass is 9.97. The zero-order valence-electron chi connectivity index (χ0n) is 19.6. The fourth-order valence-corrected chi connectivity index (χ4v) is 5.02. The van der Waals surface area contributed by atoms with Crippen molar-refractivity contribution in [1.29, 1.82) is 0 Å². The number of rotatable bonds is 2. The maximum absolute atomic E-state index is 2.54. The SMILES string of the molecule is CC1=[N+](c2c(C)cc(C)c(C)c2C)C(C)[N+](c2c(C)cc(C)c(C)c2C)=C1C. The third kappa shape index (κ3) is 2.85. The molecular formula is C26H36N2+2. The molecule has 0 unspecified atom stereocenters. The first-order chi connectivity index (χ1) is 13.0. The second kappa shape index (κ2) is 6.99. The maximum atomic E-state index is 2.54. The van der Waals surface area contributed by atoms with Crippen LogP contribution in [-0.4, -0.2) is 26.7 Å². The predicted octanol–water partition coefficient (Wildman–Crippen LogP) is 6.42. The smallest absolute Gasteiger partial charge is 0.128 e. The Morgan fingerprint density at radius 2 is 0.821 bits per heavy atom. The van der Waals surface area contributed by atoms with Gasteiger partial charge in [0.1, 0.15) is 0 Å². The van der Waals surface area contributed by atoms with Gasteiger partial charge in [0.25, 0.3) is 11.4 Å². The number of hydrogen-bond acceptors (Lipinski definition) is 0. The van der Waals surface area contributed by atoms with Gasteiger partial charge in [0.15, 0.2) is 0 Å². The monoisotopic (exact) mass is 376 g/mol. The molecule has 1 aliphatic heterocycles. The lowest BCUT2D eigenvalue weighted by Gasteiger charge is -2.16. The Kier molecular flexibility index (Phi) is 5.12. The Balaban J connectivity index is 2.25. The normalized spacial score (nSPS) is 15.2. The van der Waals surface area contributed by atoms with E-state index in [1.807, 2.05) is 0 Å². The third-order valence-electron chi connectivity index (χ3n) is 7.11. The molecule has 1 heterocycles. The quantitative estimate of drug-likeness (QED) is 0.533. The summed E-state index contributed by atoms with van der Waals surface area (Å²) in [7, 11) is 0. The van der Waals surface area contributed by atoms with E-state index in [9.17, 15) is 0 Å². The van der Waals surface area contributed by atoms with Crippen LogP contribution in [0.5, 0.6) is 0 Å². The molecule has 0 saturated carbocycles. The average Bonchev–Trinajstić information content (AvgIpc) is 2.83. The van der Waals surface area contributed by atoms with Gasteiger partial charge in [-0.2, -0.15) is 0 Å². The molecule has 1 aliphatic rings. The average molecular weight is 377 g/mol. The summed E-state index contributed by atoms with van der Waals surface area (Å²) in [6.07, 6.45) is 0.249. The number of nitrogens with zero attached hydrogens (tertiary/aromatic N) is 2. The van der Waals surface area contributed by atoms with E-state index in [0.29, 0.717) is 0 Å². The van der Waals surface area contributed by atoms with Gasteiger partial charge in [0.05, 0.1) is 6.92 Å². The second-order valence-corrected chi connectivity index (χ2v) is 8.76. The van der Waals surface area contributed by atoms with Gasteiger partial charge in [0.2, 0.25) is 11.4 Å². The van der Waals surface area contributed by atoms with Gasteiger partial charge in [0, 0.05) is 36.1 Å². The minimum Gasteiger partial charge on any atom is -0.128 e. The third-order valence-corrected chi connectivity index (χ3v) is 7.11. The van der Waals surface area contributed by atoms with Gasteiger partial charge >= 0.3 is 6.17 Å². The summed E-state index contributed by atoms with van der Waals surface area (Å²) in [5, 5.41) is 0. The van der Waals surface area contributed by atoms with Crippen molar-refractivity contribution >= 4 is 22.8 Å². The highest BCUT2D eigenvalue weighted by Gasteiger charge is 2.45. The first-order valence-corrected chi connectivity index (χ1v) is 10.4. The van der Waals surface area contributed by atoms with Gasteiger partial charge in [-0.05, 0) is 89.8 Å². The fraction of sp³-hybridized carbons (Fsp3) is 0.462. The minimum absolute atomic E-state index is 0.249. The van der Waals surface area contributed by atoms with E-state index in [1.54, 1.807) is 0 Å². The largest absolute Gasteiger partial charge is 0.351 e. The van der Waals surface area contributed by atoms with E-state index in [1.165, 1.54) is 67.3 Å². The minimum atomic E-state index is 0.249. The highest BCUT2D eigenvalue weighted by molar-refractivity contribution is 6.37. The molecule has 0 atom stereocenters. The Labute approximate surface area is 171 Å². The molecule has 28 heavy (non-hydrogen) atoms. The molecule has 2 heteroatoms. The first-order valence-electron chi connectivity index (χ1n) is 10.4. The Hall–Kier alpha value is -2.22. The number of aryl methyl sites for hydroxylation is 4. The molecule has 3 rings (SSSR count). The molecule has 2 aromatic carbocycles. The van der Waals surface area contributed by atoms with Crippen LogP contribution in [0.3, 0.4) is 0 Å². The van der Waals surface area contributed by atoms with Gasteiger partial charge in [-0.15, -0.1) is 9.15 Å². The summed E-state index contributed by atoms with van der Waals surface area (Å²) in [5.74, 6) is 0. The molecule has 0 aromatic heterocycles. The molecule has 0 spiro atoms. The number of benzene rings is 2. The molecule has 0 aliphatic carbocycles. The van der Waals surface area contributed by atoms with E-state index in [2.05, 4.69) is 97.4 Å². The second-order valence-electron chi connectivity index (χ2n) is 8.76. The van der Waals surface area contributed by atoms with Crippen LogP contribution >= 0.6 is 0 Å². The van der Waals surface area contributed by atoms with Crippen molar-refractivity contribution in [2.75, 3.05) is 0 Å². The summed E-state index contributed by atoms with van der Waals surface area (Å²) >= 11 is 0. The molecule has 2 nitrogen and oxygen atoms in total. The molecule has 2 aromatic rings. The van der Waals surface area contributed by atoms with Gasteiger partial charge < -0.3 is 0 Å². The Morgan fingerprint density at radius 3 is 1.14 bits per heavy atom. The molecule has 0 N–H and O–H groups in total. The van der Waals surface area contributed by atoms with Crippen LogP contribution in [0.2, 0.25) is 0 Å². The van der Waals surface area contributed by atoms with E-state index in [0.717, 1.165) is 0 Å². The van der Waals surface area contributed by atoms with Crippen LogP contribution in [0.4, 0.5) is 11.4 Å². The van der Waals surface area contributed by atoms with E-state index in [-0.39, 0.29) is 6.17 Å². The van der Waals surface area contributed by atoms with Crippen molar-refractivity contribution in [3.8, 4) is 0 Å². The van der Waals surface area contributed by atoms with Crippen LogP contribution < -0.4 is 0 Å². The Bertz CT molecular complexity index is 979. The lowest BCUT2D eigenvalue weighted by molar-refractivity contribution is -0.688. The van der Waals surface area contributed by atoms with Crippen molar-refractivity contribution in [3.63, 3.8) is 0 Å². The highest BCUT2D eigenvalue weighted by Crippen LogP contribution is 2.36. The summed E-state index contributed by atoms with van der Waals surface area (Å²) in [6.45, 7) is 24.8. The van der Waals surface area contributed by atoms with Crippen LogP contribution in [0, 0.1) is 55.4 Å². The summed E-state index contributed by atoms with van der Waals surface area (Å²) in [6, 6.07) is 4.67. The van der Waals surface area contributed by atoms with E-state index < -0.39 is 0 Å². The molecular weight excluding hydrogens is 340 g/mol. The topological polar surface area (TPSA) is 6.02 Å². The highest BCUT2D eigenvalue weighted by atomic mass is 15.3. The fourth-order valence-electron chi connectivity index (χ4n) is 5.02. The van der Waals surface area contributed by atoms with E-state index in [4.69, 9.17) is 0 Å². The zero-order valence-corrected chi connectivity index (χ0v) is 19.6. The van der Waals surface area contributed by atoms with Crippen LogP contribution in [0.1, 0.15) is 65.3 Å². The number of hydrogen-bond donors (Lipinski definition) is 0. The summed E-state index contributed by atoms with van der Waals surface area (Å²) in [5.41, 5.74) is 16.5. The van der Waals surface area contributed by atoms with Crippen molar-refractivity contribution in [2.24, 2.45) is 0 Å². The standard InChI is InChI=1S/C26H36N2/c1-14-12-16(3)25(20(7)18(14)5)27-22(9)23(10)28(24(27)11)26-17(4)13-15(2)19(6)21(26)8/h12-13,24H,1-11H3/q+2. The van der Waals surface area contributed by atoms with Crippen molar-refractivity contribution < 1.29 is 9.15 Å². The van der Waals surface area contributed by atoms with Crippen molar-refractivity contribution in [3.05, 3.63) is 56.6 Å². The lowest BCUT2D eigenvalue weighted by Crippen LogP contribution is -2.27. The van der Waals surface area contributed by atoms with Crippen LogP contribution in [0.15, 0.2) is 12.1 Å². The predicted molar refractivity (Wildman–Crippen MR) is 121 cm³/mol. The van der Waals surface area contributed by atoms with E-state index >= 15 is 0 Å².